The number of imidazole rings is 1. The maximum absolute atomic E-state index is 9.72. The van der Waals surface area contributed by atoms with Crippen LogP contribution >= 0.6 is 0 Å². The molecule has 0 aromatic carbocycles. The first-order chi connectivity index (χ1) is 8.58. The van der Waals surface area contributed by atoms with Crippen molar-refractivity contribution in [2.24, 2.45) is 5.92 Å². The highest BCUT2D eigenvalue weighted by molar-refractivity contribution is 4.95. The Morgan fingerprint density at radius 2 is 2.22 bits per heavy atom. The Bertz CT molecular complexity index is 373. The number of piperidine rings is 1. The van der Waals surface area contributed by atoms with Gasteiger partial charge in [-0.1, -0.05) is 0 Å². The second-order valence-electron chi connectivity index (χ2n) is 5.72. The SMILES string of the molecule is CC(C)n1ccnc1CN1CCC[C@H]([C@@H](C)O)C1. The van der Waals surface area contributed by atoms with Crippen molar-refractivity contribution in [3.05, 3.63) is 18.2 Å². The molecule has 4 heteroatoms. The van der Waals surface area contributed by atoms with Crippen molar-refractivity contribution in [3.63, 3.8) is 0 Å². The summed E-state index contributed by atoms with van der Waals surface area (Å²) in [6.07, 6.45) is 6.06. The lowest BCUT2D eigenvalue weighted by atomic mass is 9.93. The number of aromatic nitrogens is 2. The molecule has 0 aliphatic carbocycles. The van der Waals surface area contributed by atoms with E-state index in [0.717, 1.165) is 31.9 Å². The molecular formula is C14H25N3O. The van der Waals surface area contributed by atoms with Crippen molar-refractivity contribution in [3.8, 4) is 0 Å². The summed E-state index contributed by atoms with van der Waals surface area (Å²) in [6.45, 7) is 9.27. The zero-order valence-corrected chi connectivity index (χ0v) is 11.7. The summed E-state index contributed by atoms with van der Waals surface area (Å²) in [7, 11) is 0. The third-order valence-electron chi connectivity index (χ3n) is 3.89. The van der Waals surface area contributed by atoms with Crippen LogP contribution in [0, 0.1) is 5.92 Å². The first-order valence-electron chi connectivity index (χ1n) is 7.00. The van der Waals surface area contributed by atoms with Crippen LogP contribution in [0.15, 0.2) is 12.4 Å². The molecule has 1 fully saturated rings. The van der Waals surface area contributed by atoms with E-state index in [0.29, 0.717) is 12.0 Å². The van der Waals surface area contributed by atoms with E-state index in [9.17, 15) is 5.11 Å². The van der Waals surface area contributed by atoms with Crippen LogP contribution in [-0.2, 0) is 6.54 Å². The topological polar surface area (TPSA) is 41.3 Å². The maximum atomic E-state index is 9.72. The molecule has 0 radical (unpaired) electrons. The molecule has 18 heavy (non-hydrogen) atoms. The van der Waals surface area contributed by atoms with Crippen molar-refractivity contribution in [1.82, 2.24) is 14.5 Å². The number of hydrogen-bond acceptors (Lipinski definition) is 3. The standard InChI is InChI=1S/C14H25N3O/c1-11(2)17-8-6-15-14(17)10-16-7-4-5-13(9-16)12(3)18/h6,8,11-13,18H,4-5,7,9-10H2,1-3H3/t12-,13+/m1/s1. The lowest BCUT2D eigenvalue weighted by molar-refractivity contribution is 0.0583. The minimum atomic E-state index is -0.197. The molecule has 0 unspecified atom stereocenters. The van der Waals surface area contributed by atoms with Crippen molar-refractivity contribution < 1.29 is 5.11 Å². The third kappa shape index (κ3) is 3.12. The van der Waals surface area contributed by atoms with E-state index in [2.05, 4.69) is 34.5 Å². The van der Waals surface area contributed by atoms with E-state index in [1.807, 2.05) is 13.1 Å². The van der Waals surface area contributed by atoms with Crippen LogP contribution in [0.3, 0.4) is 0 Å². The molecule has 102 valence electrons. The average molecular weight is 251 g/mol. The molecule has 1 aliphatic heterocycles. The molecule has 0 saturated carbocycles. The summed E-state index contributed by atoms with van der Waals surface area (Å²) >= 11 is 0. The molecule has 0 bridgehead atoms. The van der Waals surface area contributed by atoms with Gasteiger partial charge in [-0.3, -0.25) is 4.90 Å². The quantitative estimate of drug-likeness (QED) is 0.890. The van der Waals surface area contributed by atoms with Crippen molar-refractivity contribution in [2.75, 3.05) is 13.1 Å². The molecule has 4 nitrogen and oxygen atoms in total. The van der Waals surface area contributed by atoms with Gasteiger partial charge in [-0.05, 0) is 46.1 Å². The Balaban J connectivity index is 1.98. The molecule has 1 aromatic heterocycles. The number of aliphatic hydroxyl groups excluding tert-OH is 1. The van der Waals surface area contributed by atoms with Crippen LogP contribution in [0.25, 0.3) is 0 Å². The van der Waals surface area contributed by atoms with Gasteiger partial charge in [0.2, 0.25) is 0 Å². The van der Waals surface area contributed by atoms with Crippen LogP contribution in [0.2, 0.25) is 0 Å². The molecule has 2 atom stereocenters. The fourth-order valence-electron chi connectivity index (χ4n) is 2.77. The lowest BCUT2D eigenvalue weighted by Crippen LogP contribution is -2.39. The summed E-state index contributed by atoms with van der Waals surface area (Å²) in [5, 5.41) is 9.72. The molecule has 2 rings (SSSR count). The highest BCUT2D eigenvalue weighted by Gasteiger charge is 2.24. The van der Waals surface area contributed by atoms with Crippen molar-refractivity contribution in [1.29, 1.82) is 0 Å². The predicted octanol–water partition coefficient (Wildman–Crippen LogP) is 2.06. The van der Waals surface area contributed by atoms with E-state index >= 15 is 0 Å². The minimum Gasteiger partial charge on any atom is -0.393 e. The number of aliphatic hydroxyl groups is 1. The van der Waals surface area contributed by atoms with Gasteiger partial charge in [0.15, 0.2) is 0 Å². The highest BCUT2D eigenvalue weighted by atomic mass is 16.3. The minimum absolute atomic E-state index is 0.197. The maximum Gasteiger partial charge on any atom is 0.123 e. The van der Waals surface area contributed by atoms with Crippen LogP contribution in [0.5, 0.6) is 0 Å². The second-order valence-corrected chi connectivity index (χ2v) is 5.72. The summed E-state index contributed by atoms with van der Waals surface area (Å²) in [5.74, 6) is 1.55. The fraction of sp³-hybridized carbons (Fsp3) is 0.786. The molecule has 0 amide bonds. The zero-order chi connectivity index (χ0) is 13.1. The van der Waals surface area contributed by atoms with Crippen molar-refractivity contribution in [2.45, 2.75) is 52.3 Å². The first-order valence-corrected chi connectivity index (χ1v) is 7.00. The molecule has 1 N–H and O–H groups in total. The van der Waals surface area contributed by atoms with Gasteiger partial charge in [-0.2, -0.15) is 0 Å². The molecule has 2 heterocycles. The first kappa shape index (κ1) is 13.6. The van der Waals surface area contributed by atoms with E-state index in [4.69, 9.17) is 0 Å². The van der Waals surface area contributed by atoms with Crippen LogP contribution in [0.1, 0.15) is 45.5 Å². The van der Waals surface area contributed by atoms with Crippen LogP contribution < -0.4 is 0 Å². The normalized spacial score (nSPS) is 23.5. The second kappa shape index (κ2) is 5.85. The number of nitrogens with zero attached hydrogens (tertiary/aromatic N) is 3. The Kier molecular flexibility index (Phi) is 4.40. The summed E-state index contributed by atoms with van der Waals surface area (Å²) < 4.78 is 2.23. The van der Waals surface area contributed by atoms with Gasteiger partial charge in [0.25, 0.3) is 0 Å². The Hall–Kier alpha value is -0.870. The van der Waals surface area contributed by atoms with Gasteiger partial charge in [0.1, 0.15) is 5.82 Å². The average Bonchev–Trinajstić information content (AvgIpc) is 2.77. The molecule has 1 saturated heterocycles. The molecule has 0 spiro atoms. The van der Waals surface area contributed by atoms with E-state index in [1.54, 1.807) is 0 Å². The lowest BCUT2D eigenvalue weighted by Gasteiger charge is -2.34. The summed E-state index contributed by atoms with van der Waals surface area (Å²) in [5.41, 5.74) is 0. The van der Waals surface area contributed by atoms with Gasteiger partial charge in [0.05, 0.1) is 12.6 Å². The fourth-order valence-corrected chi connectivity index (χ4v) is 2.77. The van der Waals surface area contributed by atoms with Gasteiger partial charge < -0.3 is 9.67 Å². The van der Waals surface area contributed by atoms with Gasteiger partial charge in [-0.25, -0.2) is 4.98 Å². The predicted molar refractivity (Wildman–Crippen MR) is 72.3 cm³/mol. The number of likely N-dealkylation sites (tertiary alicyclic amines) is 1. The smallest absolute Gasteiger partial charge is 0.123 e. The summed E-state index contributed by atoms with van der Waals surface area (Å²) in [4.78, 5) is 6.88. The third-order valence-corrected chi connectivity index (χ3v) is 3.89. The van der Waals surface area contributed by atoms with Gasteiger partial charge in [0, 0.05) is 25.0 Å². The van der Waals surface area contributed by atoms with E-state index < -0.39 is 0 Å². The molecule has 1 aliphatic rings. The highest BCUT2D eigenvalue weighted by Crippen LogP contribution is 2.21. The van der Waals surface area contributed by atoms with Gasteiger partial charge >= 0.3 is 0 Å². The summed E-state index contributed by atoms with van der Waals surface area (Å²) in [6, 6.07) is 0.458. The van der Waals surface area contributed by atoms with Crippen LogP contribution in [-0.4, -0.2) is 38.8 Å². The number of hydrogen-bond donors (Lipinski definition) is 1. The van der Waals surface area contributed by atoms with E-state index in [1.165, 1.54) is 6.42 Å². The Labute approximate surface area is 110 Å². The number of rotatable bonds is 4. The molecule has 1 aromatic rings. The van der Waals surface area contributed by atoms with Crippen molar-refractivity contribution >= 4 is 0 Å². The monoisotopic (exact) mass is 251 g/mol. The van der Waals surface area contributed by atoms with Gasteiger partial charge in [-0.15, -0.1) is 0 Å². The Morgan fingerprint density at radius 3 is 2.89 bits per heavy atom. The largest absolute Gasteiger partial charge is 0.393 e. The molecular weight excluding hydrogens is 226 g/mol. The zero-order valence-electron chi connectivity index (χ0n) is 11.7. The Morgan fingerprint density at radius 1 is 1.44 bits per heavy atom. The van der Waals surface area contributed by atoms with E-state index in [-0.39, 0.29) is 6.10 Å². The van der Waals surface area contributed by atoms with Crippen LogP contribution in [0.4, 0.5) is 0 Å².